The van der Waals surface area contributed by atoms with E-state index in [0.29, 0.717) is 6.61 Å². The molecule has 122 valence electrons. The molecule has 0 aliphatic heterocycles. The van der Waals surface area contributed by atoms with Crippen LogP contribution in [0.5, 0.6) is 0 Å². The number of carbonyl (C=O) groups excluding carboxylic acids is 1. The highest BCUT2D eigenvalue weighted by Gasteiger charge is 2.16. The molecule has 0 radical (unpaired) electrons. The van der Waals surface area contributed by atoms with Crippen LogP contribution in [0.3, 0.4) is 0 Å². The van der Waals surface area contributed by atoms with Crippen LogP contribution < -0.4 is 10.6 Å². The van der Waals surface area contributed by atoms with Crippen LogP contribution in [0.1, 0.15) is 13.8 Å². The Kier molecular flexibility index (Phi) is 6.32. The smallest absolute Gasteiger partial charge is 0.241 e. The lowest BCUT2D eigenvalue weighted by atomic mass is 10.0. The maximum atomic E-state index is 12.4. The fourth-order valence-corrected chi connectivity index (χ4v) is 2.50. The summed E-state index contributed by atoms with van der Waals surface area (Å²) in [5, 5.41) is 6.24. The van der Waals surface area contributed by atoms with Gasteiger partial charge >= 0.3 is 0 Å². The zero-order chi connectivity index (χ0) is 16.7. The quantitative estimate of drug-likeness (QED) is 0.825. The Morgan fingerprint density at radius 2 is 1.70 bits per heavy atom. The number of nitrogens with one attached hydrogen (secondary N) is 2. The van der Waals surface area contributed by atoms with Crippen LogP contribution >= 0.6 is 0 Å². The van der Waals surface area contributed by atoms with Gasteiger partial charge in [-0.25, -0.2) is 0 Å². The second-order valence-corrected chi connectivity index (χ2v) is 5.65. The van der Waals surface area contributed by atoms with Gasteiger partial charge in [-0.15, -0.1) is 0 Å². The number of para-hydroxylation sites is 1. The van der Waals surface area contributed by atoms with Gasteiger partial charge < -0.3 is 15.4 Å². The van der Waals surface area contributed by atoms with Crippen LogP contribution in [-0.4, -0.2) is 31.7 Å². The predicted octanol–water partition coefficient (Wildman–Crippen LogP) is 3.31. The number of ether oxygens (including phenoxy) is 1. The van der Waals surface area contributed by atoms with E-state index in [1.807, 2.05) is 68.4 Å². The number of amides is 1. The molecule has 1 amide bonds. The molecule has 0 aliphatic rings. The van der Waals surface area contributed by atoms with Gasteiger partial charge in [0.15, 0.2) is 0 Å². The van der Waals surface area contributed by atoms with Gasteiger partial charge in [-0.1, -0.05) is 48.5 Å². The van der Waals surface area contributed by atoms with Crippen molar-refractivity contribution in [1.29, 1.82) is 0 Å². The molecule has 0 saturated heterocycles. The summed E-state index contributed by atoms with van der Waals surface area (Å²) in [5.41, 5.74) is 2.91. The number of hydrogen-bond acceptors (Lipinski definition) is 3. The zero-order valence-electron chi connectivity index (χ0n) is 13.9. The van der Waals surface area contributed by atoms with Crippen LogP contribution in [0.2, 0.25) is 0 Å². The van der Waals surface area contributed by atoms with Crippen molar-refractivity contribution in [2.24, 2.45) is 0 Å². The predicted molar refractivity (Wildman–Crippen MR) is 94.4 cm³/mol. The summed E-state index contributed by atoms with van der Waals surface area (Å²) in [6, 6.07) is 17.7. The molecule has 0 fully saturated rings. The Labute approximate surface area is 137 Å². The first-order chi connectivity index (χ1) is 11.1. The van der Waals surface area contributed by atoms with Gasteiger partial charge in [0.1, 0.15) is 0 Å². The highest BCUT2D eigenvalue weighted by Crippen LogP contribution is 2.27. The van der Waals surface area contributed by atoms with Crippen molar-refractivity contribution in [3.8, 4) is 11.1 Å². The normalized spacial score (nSPS) is 13.3. The third kappa shape index (κ3) is 4.91. The number of carbonyl (C=O) groups is 1. The van der Waals surface area contributed by atoms with Gasteiger partial charge in [0.2, 0.25) is 5.91 Å². The summed E-state index contributed by atoms with van der Waals surface area (Å²) in [7, 11) is 1.65. The molecular weight excluding hydrogens is 288 g/mol. The summed E-state index contributed by atoms with van der Waals surface area (Å²) in [4.78, 5) is 12.4. The van der Waals surface area contributed by atoms with Crippen molar-refractivity contribution in [3.05, 3.63) is 54.6 Å². The molecule has 4 nitrogen and oxygen atoms in total. The average molecular weight is 312 g/mol. The van der Waals surface area contributed by atoms with Crippen molar-refractivity contribution >= 4 is 11.6 Å². The maximum absolute atomic E-state index is 12.4. The zero-order valence-corrected chi connectivity index (χ0v) is 13.9. The van der Waals surface area contributed by atoms with E-state index in [1.165, 1.54) is 0 Å². The summed E-state index contributed by atoms with van der Waals surface area (Å²) in [6.07, 6.45) is 0. The third-order valence-corrected chi connectivity index (χ3v) is 3.61. The van der Waals surface area contributed by atoms with E-state index in [4.69, 9.17) is 4.74 Å². The first kappa shape index (κ1) is 17.2. The molecule has 4 heteroatoms. The lowest BCUT2D eigenvalue weighted by Crippen LogP contribution is -2.44. The van der Waals surface area contributed by atoms with Crippen molar-refractivity contribution < 1.29 is 9.53 Å². The second-order valence-electron chi connectivity index (χ2n) is 5.65. The fourth-order valence-electron chi connectivity index (χ4n) is 2.50. The lowest BCUT2D eigenvalue weighted by Gasteiger charge is -2.20. The Morgan fingerprint density at radius 3 is 2.39 bits per heavy atom. The molecule has 0 spiro atoms. The van der Waals surface area contributed by atoms with Crippen LogP contribution in [0.4, 0.5) is 5.69 Å². The van der Waals surface area contributed by atoms with Crippen LogP contribution in [0.15, 0.2) is 54.6 Å². The Hall–Kier alpha value is -2.17. The minimum atomic E-state index is -0.302. The Balaban J connectivity index is 2.10. The van der Waals surface area contributed by atoms with Crippen molar-refractivity contribution in [3.63, 3.8) is 0 Å². The van der Waals surface area contributed by atoms with E-state index in [0.717, 1.165) is 16.8 Å². The number of anilines is 1. The van der Waals surface area contributed by atoms with E-state index in [9.17, 15) is 4.79 Å². The number of methoxy groups -OCH3 is 1. The lowest BCUT2D eigenvalue weighted by molar-refractivity contribution is -0.118. The van der Waals surface area contributed by atoms with Gasteiger partial charge in [0.25, 0.3) is 0 Å². The topological polar surface area (TPSA) is 50.4 Å². The van der Waals surface area contributed by atoms with Crippen molar-refractivity contribution in [2.45, 2.75) is 25.9 Å². The summed E-state index contributed by atoms with van der Waals surface area (Å²) in [6.45, 7) is 4.41. The Morgan fingerprint density at radius 1 is 1.04 bits per heavy atom. The van der Waals surface area contributed by atoms with E-state index in [2.05, 4.69) is 10.6 Å². The first-order valence-corrected chi connectivity index (χ1v) is 7.82. The SMILES string of the molecule is COC[C@@H](C)N[C@H](C)C(=O)Nc1ccccc1-c1ccccc1. The summed E-state index contributed by atoms with van der Waals surface area (Å²) >= 11 is 0. The van der Waals surface area contributed by atoms with E-state index >= 15 is 0 Å². The molecular formula is C19H24N2O2. The van der Waals surface area contributed by atoms with Gasteiger partial charge in [0, 0.05) is 24.4 Å². The van der Waals surface area contributed by atoms with Crippen LogP contribution in [0.25, 0.3) is 11.1 Å². The second kappa shape index (κ2) is 8.46. The number of hydrogen-bond donors (Lipinski definition) is 2. The number of benzene rings is 2. The standard InChI is InChI=1S/C19H24N2O2/c1-14(13-23-3)20-15(2)19(22)21-18-12-8-7-11-17(18)16-9-5-4-6-10-16/h4-12,14-15,20H,13H2,1-3H3,(H,21,22)/t14-,15-/m1/s1. The van der Waals surface area contributed by atoms with Crippen LogP contribution in [-0.2, 0) is 9.53 Å². The molecule has 0 aromatic heterocycles. The largest absolute Gasteiger partial charge is 0.383 e. The fraction of sp³-hybridized carbons (Fsp3) is 0.316. The van der Waals surface area contributed by atoms with E-state index in [-0.39, 0.29) is 18.0 Å². The van der Waals surface area contributed by atoms with Gasteiger partial charge in [0.05, 0.1) is 12.6 Å². The monoisotopic (exact) mass is 312 g/mol. The first-order valence-electron chi connectivity index (χ1n) is 7.82. The Bertz CT molecular complexity index is 628. The molecule has 2 N–H and O–H groups in total. The molecule has 0 aliphatic carbocycles. The molecule has 2 atom stereocenters. The molecule has 2 aromatic carbocycles. The van der Waals surface area contributed by atoms with E-state index < -0.39 is 0 Å². The average Bonchev–Trinajstić information content (AvgIpc) is 2.56. The minimum Gasteiger partial charge on any atom is -0.383 e. The highest BCUT2D eigenvalue weighted by atomic mass is 16.5. The molecule has 2 aromatic rings. The van der Waals surface area contributed by atoms with Gasteiger partial charge in [-0.05, 0) is 25.5 Å². The molecule has 2 rings (SSSR count). The highest BCUT2D eigenvalue weighted by molar-refractivity contribution is 5.98. The molecule has 23 heavy (non-hydrogen) atoms. The van der Waals surface area contributed by atoms with Gasteiger partial charge in [-0.3, -0.25) is 4.79 Å². The van der Waals surface area contributed by atoms with E-state index in [1.54, 1.807) is 7.11 Å². The molecule has 0 heterocycles. The van der Waals surface area contributed by atoms with Crippen molar-refractivity contribution in [2.75, 3.05) is 19.0 Å². The molecule has 0 bridgehead atoms. The third-order valence-electron chi connectivity index (χ3n) is 3.61. The number of rotatable bonds is 7. The summed E-state index contributed by atoms with van der Waals surface area (Å²) < 4.78 is 5.09. The van der Waals surface area contributed by atoms with Crippen LogP contribution in [0, 0.1) is 0 Å². The minimum absolute atomic E-state index is 0.0589. The maximum Gasteiger partial charge on any atom is 0.241 e. The molecule has 0 saturated carbocycles. The van der Waals surface area contributed by atoms with Crippen molar-refractivity contribution in [1.82, 2.24) is 5.32 Å². The summed E-state index contributed by atoms with van der Waals surface area (Å²) in [5.74, 6) is -0.0589. The molecule has 0 unspecified atom stereocenters. The van der Waals surface area contributed by atoms with Gasteiger partial charge in [-0.2, -0.15) is 0 Å².